The zero-order valence-corrected chi connectivity index (χ0v) is 12.9. The lowest BCUT2D eigenvalue weighted by atomic mass is 10.2. The van der Waals surface area contributed by atoms with Crippen molar-refractivity contribution >= 4 is 15.9 Å². The minimum atomic E-state index is 0.303. The van der Waals surface area contributed by atoms with E-state index < -0.39 is 0 Å². The van der Waals surface area contributed by atoms with Crippen LogP contribution in [0, 0.1) is 0 Å². The van der Waals surface area contributed by atoms with Gasteiger partial charge in [0, 0.05) is 11.6 Å². The quantitative estimate of drug-likeness (QED) is 0.713. The summed E-state index contributed by atoms with van der Waals surface area (Å²) in [7, 11) is 3.16. The Balaban J connectivity index is 1.99. The molecule has 1 aromatic carbocycles. The molecule has 0 atom stereocenters. The fourth-order valence-corrected chi connectivity index (χ4v) is 2.11. The molecule has 7 heteroatoms. The molecule has 2 heterocycles. The van der Waals surface area contributed by atoms with Crippen molar-refractivity contribution in [2.75, 3.05) is 14.2 Å². The maximum Gasteiger partial charge on any atom is 0.283 e. The smallest absolute Gasteiger partial charge is 0.283 e. The van der Waals surface area contributed by atoms with E-state index in [2.05, 4.69) is 26.1 Å². The third kappa shape index (κ3) is 2.78. The van der Waals surface area contributed by atoms with Gasteiger partial charge in [-0.2, -0.15) is 0 Å². The molecule has 0 aliphatic rings. The van der Waals surface area contributed by atoms with Crippen LogP contribution in [0.3, 0.4) is 0 Å². The molecule has 0 saturated carbocycles. The normalized spacial score (nSPS) is 10.6. The molecule has 0 radical (unpaired) electrons. The molecule has 6 nitrogen and oxygen atoms in total. The molecule has 0 saturated heterocycles. The third-order valence-corrected chi connectivity index (χ3v) is 3.23. The summed E-state index contributed by atoms with van der Waals surface area (Å²) >= 11 is 3.23. The number of ether oxygens (including phenoxy) is 2. The van der Waals surface area contributed by atoms with Crippen molar-refractivity contribution in [1.82, 2.24) is 10.2 Å². The molecule has 2 aromatic heterocycles. The molecule has 21 heavy (non-hydrogen) atoms. The molecule has 0 spiro atoms. The number of rotatable bonds is 4. The van der Waals surface area contributed by atoms with Gasteiger partial charge in [0.1, 0.15) is 11.5 Å². The molecule has 0 amide bonds. The monoisotopic (exact) mass is 350 g/mol. The fraction of sp³-hybridized carbons (Fsp3) is 0.143. The molecule has 3 rings (SSSR count). The molecule has 0 N–H and O–H groups in total. The van der Waals surface area contributed by atoms with Gasteiger partial charge in [0.2, 0.25) is 5.89 Å². The van der Waals surface area contributed by atoms with Crippen LogP contribution >= 0.6 is 15.9 Å². The van der Waals surface area contributed by atoms with E-state index in [1.54, 1.807) is 44.6 Å². The van der Waals surface area contributed by atoms with Gasteiger partial charge in [0.25, 0.3) is 5.89 Å². The molecule has 0 aliphatic carbocycles. The Morgan fingerprint density at radius 1 is 0.905 bits per heavy atom. The van der Waals surface area contributed by atoms with Gasteiger partial charge >= 0.3 is 0 Å². The average Bonchev–Trinajstić information content (AvgIpc) is 3.15. The second-order valence-electron chi connectivity index (χ2n) is 4.12. The van der Waals surface area contributed by atoms with Crippen molar-refractivity contribution in [2.45, 2.75) is 0 Å². The highest BCUT2D eigenvalue weighted by Crippen LogP contribution is 2.31. The standard InChI is InChI=1S/C14H11BrN2O4/c1-18-9-5-8(6-10(7-9)19-2)13-16-17-14(21-13)11-3-4-12(15)20-11/h3-7H,1-2H3. The summed E-state index contributed by atoms with van der Waals surface area (Å²) in [6, 6.07) is 8.85. The van der Waals surface area contributed by atoms with Crippen LogP contribution in [-0.4, -0.2) is 24.4 Å². The first-order valence-corrected chi connectivity index (χ1v) is 6.81. The lowest BCUT2D eigenvalue weighted by Crippen LogP contribution is -1.88. The summed E-state index contributed by atoms with van der Waals surface area (Å²) < 4.78 is 22.0. The lowest BCUT2D eigenvalue weighted by molar-refractivity contribution is 0.394. The largest absolute Gasteiger partial charge is 0.497 e. The van der Waals surface area contributed by atoms with Crippen molar-refractivity contribution in [3.8, 4) is 34.6 Å². The van der Waals surface area contributed by atoms with Crippen LogP contribution in [0.2, 0.25) is 0 Å². The number of hydrogen-bond donors (Lipinski definition) is 0. The Morgan fingerprint density at radius 3 is 2.14 bits per heavy atom. The molecule has 0 aliphatic heterocycles. The molecule has 0 bridgehead atoms. The van der Waals surface area contributed by atoms with Crippen LogP contribution < -0.4 is 9.47 Å². The number of methoxy groups -OCH3 is 2. The Morgan fingerprint density at radius 2 is 1.57 bits per heavy atom. The summed E-state index contributed by atoms with van der Waals surface area (Å²) in [5, 5.41) is 7.99. The van der Waals surface area contributed by atoms with Crippen LogP contribution in [0.4, 0.5) is 0 Å². The first-order valence-electron chi connectivity index (χ1n) is 6.02. The number of halogens is 1. The van der Waals surface area contributed by atoms with Gasteiger partial charge in [-0.3, -0.25) is 0 Å². The van der Waals surface area contributed by atoms with E-state index in [1.165, 1.54) is 0 Å². The topological polar surface area (TPSA) is 70.5 Å². The van der Waals surface area contributed by atoms with Crippen LogP contribution in [-0.2, 0) is 0 Å². The Labute approximate surface area is 128 Å². The minimum Gasteiger partial charge on any atom is -0.497 e. The van der Waals surface area contributed by atoms with E-state index in [4.69, 9.17) is 18.3 Å². The van der Waals surface area contributed by atoms with E-state index in [0.717, 1.165) is 0 Å². The number of furan rings is 1. The number of nitrogens with zero attached hydrogens (tertiary/aromatic N) is 2. The highest BCUT2D eigenvalue weighted by molar-refractivity contribution is 9.10. The van der Waals surface area contributed by atoms with Gasteiger partial charge in [-0.15, -0.1) is 10.2 Å². The predicted octanol–water partition coefficient (Wildman–Crippen LogP) is 3.78. The Hall–Kier alpha value is -2.28. The van der Waals surface area contributed by atoms with E-state index in [-0.39, 0.29) is 0 Å². The molecular weight excluding hydrogens is 340 g/mol. The highest BCUT2D eigenvalue weighted by Gasteiger charge is 2.15. The van der Waals surface area contributed by atoms with E-state index in [1.807, 2.05) is 0 Å². The summed E-state index contributed by atoms with van der Waals surface area (Å²) in [6.45, 7) is 0. The van der Waals surface area contributed by atoms with Gasteiger partial charge in [-0.05, 0) is 40.2 Å². The summed E-state index contributed by atoms with van der Waals surface area (Å²) in [5.41, 5.74) is 0.704. The van der Waals surface area contributed by atoms with Crippen molar-refractivity contribution in [1.29, 1.82) is 0 Å². The Bertz CT molecular complexity index is 744. The van der Waals surface area contributed by atoms with Crippen molar-refractivity contribution in [3.63, 3.8) is 0 Å². The second kappa shape index (κ2) is 5.61. The fourth-order valence-electron chi connectivity index (χ4n) is 1.80. The van der Waals surface area contributed by atoms with Crippen molar-refractivity contribution in [3.05, 3.63) is 35.0 Å². The van der Waals surface area contributed by atoms with Crippen LogP contribution in [0.5, 0.6) is 11.5 Å². The zero-order chi connectivity index (χ0) is 14.8. The SMILES string of the molecule is COc1cc(OC)cc(-c2nnc(-c3ccc(Br)o3)o2)c1. The van der Waals surface area contributed by atoms with Gasteiger partial charge in [0.05, 0.1) is 14.2 Å². The maximum atomic E-state index is 5.62. The Kier molecular flexibility index (Phi) is 3.66. The minimum absolute atomic E-state index is 0.303. The van der Waals surface area contributed by atoms with Crippen molar-refractivity contribution in [2.24, 2.45) is 0 Å². The number of hydrogen-bond acceptors (Lipinski definition) is 6. The first-order chi connectivity index (χ1) is 10.2. The molecule has 108 valence electrons. The summed E-state index contributed by atoms with van der Waals surface area (Å²) in [5.74, 6) is 2.44. The summed E-state index contributed by atoms with van der Waals surface area (Å²) in [6.07, 6.45) is 0. The molecule has 0 unspecified atom stereocenters. The predicted molar refractivity (Wildman–Crippen MR) is 78.2 cm³/mol. The first kappa shape index (κ1) is 13.7. The van der Waals surface area contributed by atoms with E-state index in [0.29, 0.717) is 39.3 Å². The van der Waals surface area contributed by atoms with Crippen molar-refractivity contribution < 1.29 is 18.3 Å². The number of aromatic nitrogens is 2. The molecule has 0 fully saturated rings. The second-order valence-corrected chi connectivity index (χ2v) is 4.90. The van der Waals surface area contributed by atoms with Crippen LogP contribution in [0.1, 0.15) is 0 Å². The maximum absolute atomic E-state index is 5.62. The van der Waals surface area contributed by atoms with E-state index in [9.17, 15) is 0 Å². The molecular formula is C14H11BrN2O4. The lowest BCUT2D eigenvalue weighted by Gasteiger charge is -2.05. The van der Waals surface area contributed by atoms with Crippen LogP contribution in [0.15, 0.2) is 43.8 Å². The van der Waals surface area contributed by atoms with E-state index >= 15 is 0 Å². The molecule has 3 aromatic rings. The van der Waals surface area contributed by atoms with Gasteiger partial charge in [-0.25, -0.2) is 0 Å². The number of benzene rings is 1. The summed E-state index contributed by atoms with van der Waals surface area (Å²) in [4.78, 5) is 0. The zero-order valence-electron chi connectivity index (χ0n) is 11.3. The highest BCUT2D eigenvalue weighted by atomic mass is 79.9. The van der Waals surface area contributed by atoms with Gasteiger partial charge < -0.3 is 18.3 Å². The van der Waals surface area contributed by atoms with Crippen LogP contribution in [0.25, 0.3) is 23.1 Å². The average molecular weight is 351 g/mol. The van der Waals surface area contributed by atoms with Gasteiger partial charge in [-0.1, -0.05) is 0 Å². The third-order valence-electron chi connectivity index (χ3n) is 2.81. The van der Waals surface area contributed by atoms with Gasteiger partial charge in [0.15, 0.2) is 10.4 Å².